The molecular formula is C61H102NO8P. The molecule has 0 aliphatic heterocycles. The van der Waals surface area contributed by atoms with E-state index in [4.69, 9.17) is 24.3 Å². The number of carbonyl (C=O) groups is 2. The lowest BCUT2D eigenvalue weighted by Crippen LogP contribution is -2.29. The fourth-order valence-corrected chi connectivity index (χ4v) is 8.07. The minimum atomic E-state index is -4.41. The summed E-state index contributed by atoms with van der Waals surface area (Å²) >= 11 is 0. The molecule has 0 heterocycles. The number of nitrogens with two attached hydrogens (primary N) is 1. The molecule has 2 unspecified atom stereocenters. The lowest BCUT2D eigenvalue weighted by atomic mass is 10.0. The molecule has 0 amide bonds. The summed E-state index contributed by atoms with van der Waals surface area (Å²) < 4.78 is 32.9. The van der Waals surface area contributed by atoms with Crippen molar-refractivity contribution >= 4 is 19.8 Å². The Morgan fingerprint density at radius 1 is 0.423 bits per heavy atom. The van der Waals surface area contributed by atoms with Crippen molar-refractivity contribution in [3.63, 3.8) is 0 Å². The van der Waals surface area contributed by atoms with Crippen LogP contribution < -0.4 is 5.73 Å². The van der Waals surface area contributed by atoms with Crippen molar-refractivity contribution < 1.29 is 37.6 Å². The summed E-state index contributed by atoms with van der Waals surface area (Å²) in [4.78, 5) is 35.1. The molecule has 3 N–H and O–H groups in total. The molecule has 0 aromatic heterocycles. The maximum absolute atomic E-state index is 12.6. The minimum absolute atomic E-state index is 0.0368. The summed E-state index contributed by atoms with van der Waals surface area (Å²) in [5.74, 6) is -0.929. The van der Waals surface area contributed by atoms with Gasteiger partial charge in [0, 0.05) is 19.4 Å². The number of hydrogen-bond acceptors (Lipinski definition) is 8. The largest absolute Gasteiger partial charge is 0.472 e. The normalized spacial score (nSPS) is 14.0. The van der Waals surface area contributed by atoms with E-state index in [0.29, 0.717) is 6.42 Å². The second-order valence-electron chi connectivity index (χ2n) is 18.0. The van der Waals surface area contributed by atoms with E-state index in [0.717, 1.165) is 83.5 Å². The van der Waals surface area contributed by atoms with Crippen LogP contribution in [0.3, 0.4) is 0 Å². The van der Waals surface area contributed by atoms with Crippen molar-refractivity contribution in [1.82, 2.24) is 0 Å². The molecule has 0 fully saturated rings. The van der Waals surface area contributed by atoms with Crippen molar-refractivity contribution in [1.29, 1.82) is 0 Å². The Bertz CT molecular complexity index is 1570. The highest BCUT2D eigenvalue weighted by atomic mass is 31.2. The third kappa shape index (κ3) is 55.6. The number of phosphoric acid groups is 1. The van der Waals surface area contributed by atoms with Gasteiger partial charge in [0.25, 0.3) is 0 Å². The maximum Gasteiger partial charge on any atom is 0.472 e. The fraction of sp³-hybridized carbons (Fsp3) is 0.639. The summed E-state index contributed by atoms with van der Waals surface area (Å²) in [6.45, 7) is 3.42. The molecule has 10 heteroatoms. The fourth-order valence-electron chi connectivity index (χ4n) is 7.30. The van der Waals surface area contributed by atoms with Gasteiger partial charge in [-0.2, -0.15) is 0 Å². The van der Waals surface area contributed by atoms with Crippen LogP contribution in [0.15, 0.2) is 122 Å². The van der Waals surface area contributed by atoms with Gasteiger partial charge in [-0.1, -0.05) is 238 Å². The van der Waals surface area contributed by atoms with Crippen molar-refractivity contribution in [3.8, 4) is 0 Å². The van der Waals surface area contributed by atoms with Gasteiger partial charge in [0.15, 0.2) is 6.10 Å². The van der Waals surface area contributed by atoms with E-state index in [9.17, 15) is 19.0 Å². The minimum Gasteiger partial charge on any atom is -0.462 e. The average molecular weight is 1010 g/mol. The highest BCUT2D eigenvalue weighted by molar-refractivity contribution is 7.47. The topological polar surface area (TPSA) is 134 Å². The summed E-state index contributed by atoms with van der Waals surface area (Å²) in [6.07, 6.45) is 77.1. The van der Waals surface area contributed by atoms with Crippen LogP contribution >= 0.6 is 7.82 Å². The van der Waals surface area contributed by atoms with Gasteiger partial charge in [-0.3, -0.25) is 18.6 Å². The molecule has 0 aromatic rings. The molecule has 0 bridgehead atoms. The van der Waals surface area contributed by atoms with Crippen LogP contribution in [0.2, 0.25) is 0 Å². The molecule has 0 aliphatic carbocycles. The maximum atomic E-state index is 12.6. The highest BCUT2D eigenvalue weighted by Gasteiger charge is 2.26. The third-order valence-corrected chi connectivity index (χ3v) is 12.3. The van der Waals surface area contributed by atoms with Gasteiger partial charge in [0.1, 0.15) is 6.61 Å². The first-order valence-corrected chi connectivity index (χ1v) is 29.5. The molecule has 9 nitrogen and oxygen atoms in total. The van der Waals surface area contributed by atoms with Crippen LogP contribution in [0.25, 0.3) is 0 Å². The first-order valence-electron chi connectivity index (χ1n) is 28.0. The average Bonchev–Trinajstić information content (AvgIpc) is 3.36. The van der Waals surface area contributed by atoms with Gasteiger partial charge in [0.2, 0.25) is 0 Å². The smallest absolute Gasteiger partial charge is 0.462 e. The summed E-state index contributed by atoms with van der Waals surface area (Å²) in [5.41, 5.74) is 5.37. The van der Waals surface area contributed by atoms with Crippen molar-refractivity contribution in [3.05, 3.63) is 122 Å². The Morgan fingerprint density at radius 2 is 0.761 bits per heavy atom. The van der Waals surface area contributed by atoms with E-state index in [1.165, 1.54) is 103 Å². The van der Waals surface area contributed by atoms with E-state index in [2.05, 4.69) is 123 Å². The van der Waals surface area contributed by atoms with Crippen LogP contribution in [-0.2, 0) is 32.7 Å². The third-order valence-electron chi connectivity index (χ3n) is 11.4. The van der Waals surface area contributed by atoms with Crippen LogP contribution in [0, 0.1) is 0 Å². The lowest BCUT2D eigenvalue weighted by molar-refractivity contribution is -0.161. The summed E-state index contributed by atoms with van der Waals surface area (Å²) in [5, 5.41) is 0. The zero-order valence-electron chi connectivity index (χ0n) is 44.9. The van der Waals surface area contributed by atoms with E-state index in [-0.39, 0.29) is 32.6 Å². The standard InChI is InChI=1S/C61H102NO8P/c1-3-5-7-9-11-13-15-17-19-21-23-24-25-26-27-28-29-30-31-32-33-34-36-37-39-41-43-45-47-49-51-53-60(63)67-57-59(58-69-71(65,66)68-56-55-62)70-61(64)54-52-50-48-46-44-42-40-38-35-22-20-18-16-14-12-10-8-6-4-2/h5-8,11-14,17-20,23-24,35,38,42,44,48,50,59H,3-4,9-10,15-16,21-22,25-34,36-37,39-41,43,45-47,49,51-58,62H2,1-2H3,(H,65,66)/b7-5-,8-6-,13-11-,14-12-,19-17-,20-18-,24-23-,38-35-,44-42-,50-48-. The lowest BCUT2D eigenvalue weighted by Gasteiger charge is -2.19. The second-order valence-corrected chi connectivity index (χ2v) is 19.5. The Morgan fingerprint density at radius 3 is 1.14 bits per heavy atom. The highest BCUT2D eigenvalue weighted by Crippen LogP contribution is 2.43. The van der Waals surface area contributed by atoms with Gasteiger partial charge >= 0.3 is 19.8 Å². The first kappa shape index (κ1) is 67.4. The number of ether oxygens (including phenoxy) is 2. The predicted octanol–water partition coefficient (Wildman–Crippen LogP) is 17.6. The molecule has 404 valence electrons. The van der Waals surface area contributed by atoms with Gasteiger partial charge in [0.05, 0.1) is 13.2 Å². The first-order chi connectivity index (χ1) is 34.8. The van der Waals surface area contributed by atoms with Crippen molar-refractivity contribution in [2.45, 2.75) is 225 Å². The van der Waals surface area contributed by atoms with Crippen LogP contribution in [-0.4, -0.2) is 49.3 Å². The number of phosphoric ester groups is 1. The van der Waals surface area contributed by atoms with Crippen molar-refractivity contribution in [2.75, 3.05) is 26.4 Å². The van der Waals surface area contributed by atoms with E-state index in [1.807, 2.05) is 12.2 Å². The zero-order valence-corrected chi connectivity index (χ0v) is 45.8. The number of rotatable bonds is 51. The van der Waals surface area contributed by atoms with E-state index >= 15 is 0 Å². The molecule has 0 aromatic carbocycles. The SMILES string of the molecule is CC/C=C\C/C=C\C/C=C\C/C=C\C/C=C\C/C=C\CCC(=O)OC(COC(=O)CCCCCCCCCCCCCCCCCCCC/C=C\C/C=C\C/C=C\C/C=C\CC)COP(=O)(O)OCCN. The van der Waals surface area contributed by atoms with Gasteiger partial charge < -0.3 is 20.1 Å². The van der Waals surface area contributed by atoms with E-state index < -0.39 is 32.5 Å². The number of carbonyl (C=O) groups excluding carboxylic acids is 2. The molecule has 0 aliphatic rings. The summed E-state index contributed by atoms with van der Waals surface area (Å²) in [6, 6.07) is 0. The predicted molar refractivity (Wildman–Crippen MR) is 302 cm³/mol. The molecular weight excluding hydrogens is 906 g/mol. The zero-order chi connectivity index (χ0) is 51.7. The Labute approximate surface area is 434 Å². The molecule has 0 rings (SSSR count). The van der Waals surface area contributed by atoms with E-state index in [1.54, 1.807) is 0 Å². The Balaban J connectivity index is 4.01. The summed E-state index contributed by atoms with van der Waals surface area (Å²) in [7, 11) is -4.41. The monoisotopic (exact) mass is 1010 g/mol. The molecule has 0 saturated heterocycles. The molecule has 71 heavy (non-hydrogen) atoms. The molecule has 2 atom stereocenters. The number of hydrogen-bond donors (Lipinski definition) is 2. The number of esters is 2. The Kier molecular flexibility index (Phi) is 52.9. The van der Waals surface area contributed by atoms with Crippen LogP contribution in [0.1, 0.15) is 219 Å². The molecule has 0 spiro atoms. The number of unbranched alkanes of at least 4 members (excludes halogenated alkanes) is 18. The van der Waals surface area contributed by atoms with Crippen LogP contribution in [0.4, 0.5) is 0 Å². The molecule has 0 saturated carbocycles. The van der Waals surface area contributed by atoms with Gasteiger partial charge in [-0.15, -0.1) is 0 Å². The second kappa shape index (κ2) is 55.7. The van der Waals surface area contributed by atoms with Crippen LogP contribution in [0.5, 0.6) is 0 Å². The molecule has 0 radical (unpaired) electrons. The number of allylic oxidation sites excluding steroid dienone is 20. The Hall–Kier alpha value is -3.59. The van der Waals surface area contributed by atoms with Gasteiger partial charge in [-0.25, -0.2) is 4.57 Å². The van der Waals surface area contributed by atoms with Gasteiger partial charge in [-0.05, 0) is 89.9 Å². The van der Waals surface area contributed by atoms with Crippen molar-refractivity contribution in [2.24, 2.45) is 5.73 Å². The quantitative estimate of drug-likeness (QED) is 0.0264.